The first-order chi connectivity index (χ1) is 12.6. The number of hydrogen-bond donors (Lipinski definition) is 0. The molecule has 2 fully saturated rings. The van der Waals surface area contributed by atoms with E-state index in [1.807, 2.05) is 7.11 Å². The Kier molecular flexibility index (Phi) is 4.31. The first-order valence-corrected chi connectivity index (χ1v) is 9.72. The van der Waals surface area contributed by atoms with E-state index in [0.29, 0.717) is 17.9 Å². The van der Waals surface area contributed by atoms with Crippen molar-refractivity contribution in [1.82, 2.24) is 4.90 Å². The fraction of sp³-hybridized carbons (Fsp3) is 0.636. The molecule has 142 valence electrons. The summed E-state index contributed by atoms with van der Waals surface area (Å²) >= 11 is 0. The molecule has 1 aromatic carbocycles. The summed E-state index contributed by atoms with van der Waals surface area (Å²) in [5, 5.41) is 0. The lowest BCUT2D eigenvalue weighted by molar-refractivity contribution is -0.132. The second-order valence-electron chi connectivity index (χ2n) is 8.22. The fourth-order valence-corrected chi connectivity index (χ4v) is 6.53. The highest BCUT2D eigenvalue weighted by Gasteiger charge is 2.67. The molecule has 5 rings (SSSR count). The number of benzene rings is 1. The van der Waals surface area contributed by atoms with Gasteiger partial charge in [-0.05, 0) is 56.3 Å². The monoisotopic (exact) mass is 357 g/mol. The predicted molar refractivity (Wildman–Crippen MR) is 103 cm³/mol. The van der Waals surface area contributed by atoms with E-state index in [0.717, 1.165) is 37.3 Å². The number of nitrogens with zero attached hydrogens (tertiary/aromatic N) is 1. The molecule has 2 bridgehead atoms. The Hall–Kier alpha value is -1.52. The van der Waals surface area contributed by atoms with Crippen molar-refractivity contribution in [3.05, 3.63) is 36.4 Å². The molecule has 1 saturated carbocycles. The van der Waals surface area contributed by atoms with Crippen LogP contribution in [0.5, 0.6) is 11.5 Å². The van der Waals surface area contributed by atoms with E-state index in [1.54, 1.807) is 7.11 Å². The van der Waals surface area contributed by atoms with E-state index < -0.39 is 0 Å². The number of rotatable bonds is 2. The van der Waals surface area contributed by atoms with E-state index in [1.165, 1.54) is 11.1 Å². The molecular formula is C22H31NO3. The Labute approximate surface area is 157 Å². The molecule has 1 saturated heterocycles. The van der Waals surface area contributed by atoms with Gasteiger partial charge in [0.25, 0.3) is 0 Å². The SMILES string of the molecule is C=C.COc1ccc2c3c1O[C@H]1C(OC)CC(C)C4C(C2)N(C)CCC341. The second kappa shape index (κ2) is 6.28. The van der Waals surface area contributed by atoms with Crippen LogP contribution >= 0.6 is 0 Å². The highest BCUT2D eigenvalue weighted by Crippen LogP contribution is 2.65. The zero-order valence-corrected chi connectivity index (χ0v) is 16.5. The molecular weight excluding hydrogens is 326 g/mol. The molecule has 1 spiro atoms. The molecule has 4 nitrogen and oxygen atoms in total. The maximum Gasteiger partial charge on any atom is 0.165 e. The first kappa shape index (κ1) is 17.9. The number of ether oxygens (including phenoxy) is 3. The number of hydrogen-bond acceptors (Lipinski definition) is 4. The van der Waals surface area contributed by atoms with E-state index in [-0.39, 0.29) is 17.6 Å². The minimum Gasteiger partial charge on any atom is -0.493 e. The van der Waals surface area contributed by atoms with Crippen LogP contribution < -0.4 is 9.47 Å². The van der Waals surface area contributed by atoms with Crippen molar-refractivity contribution in [1.29, 1.82) is 0 Å². The number of likely N-dealkylation sites (tertiary alicyclic amines) is 1. The third-order valence-electron chi connectivity index (χ3n) is 7.39. The summed E-state index contributed by atoms with van der Waals surface area (Å²) in [6, 6.07) is 4.97. The van der Waals surface area contributed by atoms with E-state index in [2.05, 4.69) is 44.2 Å². The molecule has 26 heavy (non-hydrogen) atoms. The van der Waals surface area contributed by atoms with Crippen LogP contribution in [0.2, 0.25) is 0 Å². The third kappa shape index (κ3) is 2.03. The smallest absolute Gasteiger partial charge is 0.165 e. The fourth-order valence-electron chi connectivity index (χ4n) is 6.53. The zero-order valence-electron chi connectivity index (χ0n) is 16.5. The van der Waals surface area contributed by atoms with Crippen LogP contribution in [0.3, 0.4) is 0 Å². The van der Waals surface area contributed by atoms with Crippen molar-refractivity contribution < 1.29 is 14.2 Å². The molecule has 2 aliphatic heterocycles. The summed E-state index contributed by atoms with van der Waals surface area (Å²) in [7, 11) is 5.89. The van der Waals surface area contributed by atoms with Crippen molar-refractivity contribution in [3.8, 4) is 11.5 Å². The van der Waals surface area contributed by atoms with Crippen LogP contribution in [0.15, 0.2) is 25.3 Å². The van der Waals surface area contributed by atoms with Crippen molar-refractivity contribution in [2.45, 2.75) is 49.9 Å². The zero-order chi connectivity index (χ0) is 18.6. The van der Waals surface area contributed by atoms with Gasteiger partial charge in [-0.2, -0.15) is 0 Å². The molecule has 2 aliphatic carbocycles. The van der Waals surface area contributed by atoms with Gasteiger partial charge in [-0.3, -0.25) is 0 Å². The number of piperidine rings is 1. The molecule has 6 atom stereocenters. The maximum atomic E-state index is 6.62. The minimum absolute atomic E-state index is 0.104. The number of methoxy groups -OCH3 is 2. The van der Waals surface area contributed by atoms with Gasteiger partial charge < -0.3 is 19.1 Å². The van der Waals surface area contributed by atoms with Crippen molar-refractivity contribution in [2.75, 3.05) is 27.8 Å². The predicted octanol–water partition coefficient (Wildman–Crippen LogP) is 3.43. The average Bonchev–Trinajstić information content (AvgIpc) is 3.01. The standard InChI is InChI=1S/C20H27NO3.C2H4/c1-11-9-15(23-4)19-20-7-8-21(2)13(16(11)20)10-12-5-6-14(22-3)18(24-19)17(12)20;1-2/h5-6,11,13,15-16,19H,7-10H2,1-4H3;1-2H2/t11?,13?,15?,16?,19-,20?;/m0./s1. The molecule has 0 aromatic heterocycles. The second-order valence-corrected chi connectivity index (χ2v) is 8.22. The summed E-state index contributed by atoms with van der Waals surface area (Å²) in [5.41, 5.74) is 3.02. The van der Waals surface area contributed by atoms with Gasteiger partial charge in [-0.1, -0.05) is 13.0 Å². The summed E-state index contributed by atoms with van der Waals surface area (Å²) in [6.45, 7) is 9.56. The molecule has 5 unspecified atom stereocenters. The van der Waals surface area contributed by atoms with Gasteiger partial charge >= 0.3 is 0 Å². The lowest BCUT2D eigenvalue weighted by Gasteiger charge is -2.60. The van der Waals surface area contributed by atoms with Crippen LogP contribution in [0.25, 0.3) is 0 Å². The first-order valence-electron chi connectivity index (χ1n) is 9.72. The molecule has 0 radical (unpaired) electrons. The Morgan fingerprint density at radius 2 is 2.04 bits per heavy atom. The van der Waals surface area contributed by atoms with Gasteiger partial charge in [0, 0.05) is 24.1 Å². The van der Waals surface area contributed by atoms with E-state index in [9.17, 15) is 0 Å². The van der Waals surface area contributed by atoms with Crippen molar-refractivity contribution in [3.63, 3.8) is 0 Å². The Bertz CT molecular complexity index is 705. The van der Waals surface area contributed by atoms with Crippen molar-refractivity contribution >= 4 is 0 Å². The van der Waals surface area contributed by atoms with E-state index in [4.69, 9.17) is 14.2 Å². The minimum atomic E-state index is 0.104. The third-order valence-corrected chi connectivity index (χ3v) is 7.39. The van der Waals surface area contributed by atoms with E-state index >= 15 is 0 Å². The maximum absolute atomic E-state index is 6.62. The van der Waals surface area contributed by atoms with Crippen LogP contribution in [0.4, 0.5) is 0 Å². The van der Waals surface area contributed by atoms with Gasteiger partial charge in [-0.25, -0.2) is 0 Å². The highest BCUT2D eigenvalue weighted by molar-refractivity contribution is 5.61. The van der Waals surface area contributed by atoms with Gasteiger partial charge in [0.1, 0.15) is 6.10 Å². The summed E-state index contributed by atoms with van der Waals surface area (Å²) in [6.07, 6.45) is 3.68. The van der Waals surface area contributed by atoms with Crippen molar-refractivity contribution in [2.24, 2.45) is 11.8 Å². The highest BCUT2D eigenvalue weighted by atomic mass is 16.6. The van der Waals surface area contributed by atoms with Gasteiger partial charge in [-0.15, -0.1) is 13.2 Å². The molecule has 1 aromatic rings. The Balaban J connectivity index is 0.000000814. The molecule has 4 heteroatoms. The molecule has 4 aliphatic rings. The Morgan fingerprint density at radius 3 is 2.73 bits per heavy atom. The molecule has 0 amide bonds. The summed E-state index contributed by atoms with van der Waals surface area (Å²) in [4.78, 5) is 2.59. The lowest BCUT2D eigenvalue weighted by atomic mass is 9.49. The van der Waals surface area contributed by atoms with Crippen LogP contribution in [0.1, 0.15) is 30.9 Å². The normalized spacial score (nSPS) is 39.3. The summed E-state index contributed by atoms with van der Waals surface area (Å²) in [5.74, 6) is 3.18. The molecule has 2 heterocycles. The van der Waals surface area contributed by atoms with Gasteiger partial charge in [0.05, 0.1) is 13.2 Å². The average molecular weight is 357 g/mol. The topological polar surface area (TPSA) is 30.9 Å². The number of likely N-dealkylation sites (N-methyl/N-ethyl adjacent to an activating group) is 1. The van der Waals surface area contributed by atoms with Gasteiger partial charge in [0.2, 0.25) is 0 Å². The van der Waals surface area contributed by atoms with Crippen LogP contribution in [-0.4, -0.2) is 51.0 Å². The largest absolute Gasteiger partial charge is 0.493 e. The van der Waals surface area contributed by atoms with Crippen LogP contribution in [0, 0.1) is 11.8 Å². The van der Waals surface area contributed by atoms with Crippen LogP contribution in [-0.2, 0) is 16.6 Å². The quantitative estimate of drug-likeness (QED) is 0.759. The molecule has 0 N–H and O–H groups in total. The van der Waals surface area contributed by atoms with Gasteiger partial charge in [0.15, 0.2) is 11.5 Å². The Morgan fingerprint density at radius 1 is 1.27 bits per heavy atom. The summed E-state index contributed by atoms with van der Waals surface area (Å²) < 4.78 is 18.2. The lowest BCUT2D eigenvalue weighted by Crippen LogP contribution is -2.68.